The normalized spacial score (nSPS) is 12.4. The lowest BCUT2D eigenvalue weighted by Gasteiger charge is -1.96. The molecule has 1 nitrogen and oxygen atoms in total. The van der Waals surface area contributed by atoms with Crippen LogP contribution >= 0.6 is 22.7 Å². The molecule has 3 heterocycles. The van der Waals surface area contributed by atoms with E-state index in [4.69, 9.17) is 0 Å². The van der Waals surface area contributed by atoms with Crippen molar-refractivity contribution in [3.05, 3.63) is 72.8 Å². The van der Waals surface area contributed by atoms with Crippen molar-refractivity contribution in [2.75, 3.05) is 0 Å². The first-order chi connectivity index (χ1) is 13.4. The Morgan fingerprint density at radius 1 is 0.519 bits per heavy atom. The largest absolute Gasteiger partial charge is 0.354 e. The van der Waals surface area contributed by atoms with E-state index in [1.807, 2.05) is 22.7 Å². The quantitative estimate of drug-likeness (QED) is 0.274. The second-order valence-corrected chi connectivity index (χ2v) is 9.22. The van der Waals surface area contributed by atoms with Gasteiger partial charge in [0.1, 0.15) is 0 Å². The molecule has 7 rings (SSSR count). The number of aromatic amines is 1. The minimum atomic E-state index is 1.23. The number of nitrogens with one attached hydrogen (secondary N) is 1. The minimum Gasteiger partial charge on any atom is -0.354 e. The average molecular weight is 380 g/mol. The third-order valence-electron chi connectivity index (χ3n) is 5.60. The summed E-state index contributed by atoms with van der Waals surface area (Å²) in [6.45, 7) is 0. The van der Waals surface area contributed by atoms with Gasteiger partial charge in [0.05, 0.1) is 0 Å². The maximum Gasteiger partial charge on any atom is 0.0479 e. The molecule has 0 fully saturated rings. The number of rotatable bonds is 0. The molecular weight excluding hydrogens is 366 g/mol. The number of H-pyrrole nitrogens is 1. The predicted molar refractivity (Wildman–Crippen MR) is 122 cm³/mol. The zero-order valence-electron chi connectivity index (χ0n) is 14.2. The van der Waals surface area contributed by atoms with Crippen LogP contribution in [0.4, 0.5) is 0 Å². The van der Waals surface area contributed by atoms with Crippen molar-refractivity contribution in [2.24, 2.45) is 0 Å². The lowest BCUT2D eigenvalue weighted by atomic mass is 10.1. The van der Waals surface area contributed by atoms with E-state index in [1.165, 1.54) is 62.2 Å². The van der Waals surface area contributed by atoms with Crippen LogP contribution in [0.2, 0.25) is 0 Å². The van der Waals surface area contributed by atoms with Gasteiger partial charge in [-0.25, -0.2) is 0 Å². The zero-order chi connectivity index (χ0) is 17.5. The van der Waals surface area contributed by atoms with Gasteiger partial charge in [0.15, 0.2) is 0 Å². The van der Waals surface area contributed by atoms with Gasteiger partial charge in [-0.15, -0.1) is 22.7 Å². The van der Waals surface area contributed by atoms with Crippen molar-refractivity contribution >= 4 is 84.8 Å². The molecule has 0 saturated carbocycles. The van der Waals surface area contributed by atoms with E-state index in [9.17, 15) is 0 Å². The molecule has 27 heavy (non-hydrogen) atoms. The number of hydrogen-bond donors (Lipinski definition) is 1. The fraction of sp³-hybridized carbons (Fsp3) is 0. The van der Waals surface area contributed by atoms with Gasteiger partial charge >= 0.3 is 0 Å². The third kappa shape index (κ3) is 1.78. The maximum atomic E-state index is 3.67. The average Bonchev–Trinajstić information content (AvgIpc) is 3.36. The Hall–Kier alpha value is -2.88. The van der Waals surface area contributed by atoms with E-state index in [0.717, 1.165) is 0 Å². The lowest BCUT2D eigenvalue weighted by Crippen LogP contribution is -1.70. The molecular formula is C24H13NS2. The Bertz CT molecular complexity index is 1680. The summed E-state index contributed by atoms with van der Waals surface area (Å²) in [5, 5.41) is 8.12. The van der Waals surface area contributed by atoms with Crippen molar-refractivity contribution in [2.45, 2.75) is 0 Å². The van der Waals surface area contributed by atoms with E-state index in [-0.39, 0.29) is 0 Å². The Kier molecular flexibility index (Phi) is 2.57. The van der Waals surface area contributed by atoms with E-state index >= 15 is 0 Å². The standard InChI is InChI=1S/C24H13NS2/c1-4-8-21-13(5-1)15-9-10-18-23(24(15)27-21)17-12-22-16(11-19(17)25-18)14-6-2-3-7-20(14)26-22/h1-12,25H. The van der Waals surface area contributed by atoms with E-state index in [2.05, 4.69) is 77.8 Å². The Balaban J connectivity index is 1.72. The molecule has 0 aliphatic heterocycles. The summed E-state index contributed by atoms with van der Waals surface area (Å²) >= 11 is 3.79. The molecule has 0 spiro atoms. The summed E-state index contributed by atoms with van der Waals surface area (Å²) in [4.78, 5) is 3.67. The highest BCUT2D eigenvalue weighted by atomic mass is 32.1. The first kappa shape index (κ1) is 14.2. The molecule has 7 aromatic rings. The van der Waals surface area contributed by atoms with Crippen LogP contribution in [0.5, 0.6) is 0 Å². The molecule has 0 unspecified atom stereocenters. The van der Waals surface area contributed by atoms with Crippen LogP contribution in [-0.2, 0) is 0 Å². The molecule has 0 amide bonds. The molecule has 0 aliphatic rings. The first-order valence-corrected chi connectivity index (χ1v) is 10.7. The van der Waals surface area contributed by atoms with E-state index in [1.54, 1.807) is 0 Å². The van der Waals surface area contributed by atoms with E-state index < -0.39 is 0 Å². The van der Waals surface area contributed by atoms with Crippen LogP contribution in [-0.4, -0.2) is 4.98 Å². The van der Waals surface area contributed by atoms with Crippen LogP contribution < -0.4 is 0 Å². The van der Waals surface area contributed by atoms with Crippen molar-refractivity contribution in [3.8, 4) is 0 Å². The minimum absolute atomic E-state index is 1.23. The van der Waals surface area contributed by atoms with Crippen molar-refractivity contribution in [3.63, 3.8) is 0 Å². The second kappa shape index (κ2) is 4.89. The Morgan fingerprint density at radius 2 is 1.26 bits per heavy atom. The number of thiophene rings is 2. The first-order valence-electron chi connectivity index (χ1n) is 9.04. The second-order valence-electron chi connectivity index (χ2n) is 7.08. The van der Waals surface area contributed by atoms with Crippen LogP contribution in [0, 0.1) is 0 Å². The number of aromatic nitrogens is 1. The predicted octanol–water partition coefficient (Wildman–Crippen LogP) is 8.06. The molecule has 0 atom stereocenters. The van der Waals surface area contributed by atoms with Gasteiger partial charge in [0.2, 0.25) is 0 Å². The number of benzene rings is 4. The molecule has 0 saturated heterocycles. The van der Waals surface area contributed by atoms with Gasteiger partial charge in [0.25, 0.3) is 0 Å². The summed E-state index contributed by atoms with van der Waals surface area (Å²) in [7, 11) is 0. The van der Waals surface area contributed by atoms with E-state index in [0.29, 0.717) is 0 Å². The van der Waals surface area contributed by atoms with Gasteiger partial charge in [-0.05, 0) is 30.3 Å². The lowest BCUT2D eigenvalue weighted by molar-refractivity contribution is 1.56. The Morgan fingerprint density at radius 3 is 2.11 bits per heavy atom. The van der Waals surface area contributed by atoms with Gasteiger partial charge in [-0.1, -0.05) is 42.5 Å². The topological polar surface area (TPSA) is 15.8 Å². The van der Waals surface area contributed by atoms with Gasteiger partial charge in [0, 0.05) is 62.2 Å². The fourth-order valence-corrected chi connectivity index (χ4v) is 6.78. The highest BCUT2D eigenvalue weighted by Crippen LogP contribution is 2.43. The summed E-state index contributed by atoms with van der Waals surface area (Å²) < 4.78 is 5.47. The summed E-state index contributed by atoms with van der Waals surface area (Å²) in [6.07, 6.45) is 0. The summed E-state index contributed by atoms with van der Waals surface area (Å²) in [5.74, 6) is 0. The molecule has 1 N–H and O–H groups in total. The molecule has 126 valence electrons. The SMILES string of the molecule is c1ccc2c(c1)sc1cc3c(cc12)[nH]c1ccc2c4ccccc4sc2c13. The molecule has 3 aromatic heterocycles. The number of hydrogen-bond acceptors (Lipinski definition) is 2. The van der Waals surface area contributed by atoms with Gasteiger partial charge < -0.3 is 4.98 Å². The Labute approximate surface area is 162 Å². The van der Waals surface area contributed by atoms with Crippen molar-refractivity contribution < 1.29 is 0 Å². The highest BCUT2D eigenvalue weighted by Gasteiger charge is 2.14. The molecule has 0 bridgehead atoms. The number of fused-ring (bicyclic) bond motifs is 10. The summed E-state index contributed by atoms with van der Waals surface area (Å²) in [5.41, 5.74) is 2.46. The molecule has 0 radical (unpaired) electrons. The summed E-state index contributed by atoms with van der Waals surface area (Å²) in [6, 6.07) is 26.7. The van der Waals surface area contributed by atoms with Crippen LogP contribution in [0.1, 0.15) is 0 Å². The molecule has 0 aliphatic carbocycles. The van der Waals surface area contributed by atoms with Crippen LogP contribution in [0.25, 0.3) is 62.2 Å². The highest BCUT2D eigenvalue weighted by molar-refractivity contribution is 7.27. The zero-order valence-corrected chi connectivity index (χ0v) is 15.9. The van der Waals surface area contributed by atoms with Crippen molar-refractivity contribution in [1.29, 1.82) is 0 Å². The van der Waals surface area contributed by atoms with Gasteiger partial charge in [-0.2, -0.15) is 0 Å². The maximum absolute atomic E-state index is 3.67. The molecule has 3 heteroatoms. The molecule has 4 aromatic carbocycles. The van der Waals surface area contributed by atoms with Crippen LogP contribution in [0.15, 0.2) is 72.8 Å². The van der Waals surface area contributed by atoms with Crippen molar-refractivity contribution in [1.82, 2.24) is 4.98 Å². The smallest absolute Gasteiger partial charge is 0.0479 e. The van der Waals surface area contributed by atoms with Crippen LogP contribution in [0.3, 0.4) is 0 Å². The monoisotopic (exact) mass is 379 g/mol. The van der Waals surface area contributed by atoms with Gasteiger partial charge in [-0.3, -0.25) is 0 Å². The fourth-order valence-electron chi connectivity index (χ4n) is 4.39. The third-order valence-corrected chi connectivity index (χ3v) is 7.94.